The molecule has 0 saturated heterocycles. The minimum Gasteiger partial charge on any atom is -0.393 e. The van der Waals surface area contributed by atoms with Gasteiger partial charge in [0.05, 0.1) is 16.5 Å². The van der Waals surface area contributed by atoms with Crippen molar-refractivity contribution in [1.29, 1.82) is 0 Å². The van der Waals surface area contributed by atoms with Crippen LogP contribution in [0.4, 0.5) is 0 Å². The Hall–Kier alpha value is -0.680. The van der Waals surface area contributed by atoms with Crippen molar-refractivity contribution in [3.05, 3.63) is 0 Å². The highest BCUT2D eigenvalue weighted by atomic mass is 32.1. The highest BCUT2D eigenvalue weighted by Gasteiger charge is 2.43. The van der Waals surface area contributed by atoms with Crippen molar-refractivity contribution in [1.82, 2.24) is 5.32 Å². The molecule has 0 aromatic carbocycles. The number of rotatable bonds is 3. The van der Waals surface area contributed by atoms with Gasteiger partial charge in [0.1, 0.15) is 0 Å². The molecule has 2 saturated carbocycles. The summed E-state index contributed by atoms with van der Waals surface area (Å²) in [5.74, 6) is 0.0149. The van der Waals surface area contributed by atoms with Crippen LogP contribution in [-0.2, 0) is 4.79 Å². The molecule has 1 amide bonds. The van der Waals surface area contributed by atoms with E-state index in [1.807, 2.05) is 0 Å². The van der Waals surface area contributed by atoms with Crippen LogP contribution in [0.25, 0.3) is 0 Å². The molecular weight excluding hydrogens is 260 g/mol. The number of aliphatic hydroxyl groups is 1. The molecule has 2 aliphatic carbocycles. The molecule has 0 radical (unpaired) electrons. The van der Waals surface area contributed by atoms with Gasteiger partial charge in [-0.05, 0) is 38.5 Å². The molecule has 4 nitrogen and oxygen atoms in total. The van der Waals surface area contributed by atoms with Gasteiger partial charge in [-0.1, -0.05) is 31.5 Å². The van der Waals surface area contributed by atoms with E-state index in [1.54, 1.807) is 0 Å². The zero-order valence-corrected chi connectivity index (χ0v) is 12.2. The van der Waals surface area contributed by atoms with Crippen LogP contribution in [-0.4, -0.2) is 28.1 Å². The fourth-order valence-corrected chi connectivity index (χ4v) is 3.58. The monoisotopic (exact) mass is 284 g/mol. The molecule has 0 spiro atoms. The Balaban J connectivity index is 1.98. The van der Waals surface area contributed by atoms with Crippen LogP contribution in [0.2, 0.25) is 0 Å². The smallest absolute Gasteiger partial charge is 0.233 e. The third kappa shape index (κ3) is 3.26. The van der Waals surface area contributed by atoms with E-state index in [-0.39, 0.29) is 18.1 Å². The molecule has 0 atom stereocenters. The Morgan fingerprint density at radius 2 is 1.74 bits per heavy atom. The van der Waals surface area contributed by atoms with E-state index in [0.717, 1.165) is 57.8 Å². The summed E-state index contributed by atoms with van der Waals surface area (Å²) >= 11 is 5.17. The molecule has 0 aromatic rings. The van der Waals surface area contributed by atoms with Gasteiger partial charge in [-0.25, -0.2) is 0 Å². The minimum absolute atomic E-state index is 0.0149. The largest absolute Gasteiger partial charge is 0.393 e. The number of thiocarbonyl (C=S) groups is 1. The van der Waals surface area contributed by atoms with Gasteiger partial charge >= 0.3 is 0 Å². The zero-order valence-electron chi connectivity index (χ0n) is 11.4. The Kier molecular flexibility index (Phi) is 4.79. The summed E-state index contributed by atoms with van der Waals surface area (Å²) in [5.41, 5.74) is 5.24. The Bertz CT molecular complexity index is 345. The van der Waals surface area contributed by atoms with E-state index in [2.05, 4.69) is 5.32 Å². The molecule has 2 rings (SSSR count). The maximum Gasteiger partial charge on any atom is 0.233 e. The highest BCUT2D eigenvalue weighted by molar-refractivity contribution is 7.80. The predicted molar refractivity (Wildman–Crippen MR) is 78.7 cm³/mol. The number of nitrogens with two attached hydrogens (primary N) is 1. The number of amides is 1. The predicted octanol–water partition coefficient (Wildman–Crippen LogP) is 1.64. The van der Waals surface area contributed by atoms with Crippen LogP contribution in [0, 0.1) is 5.41 Å². The lowest BCUT2D eigenvalue weighted by Gasteiger charge is -2.37. The number of hydrogen-bond acceptors (Lipinski definition) is 3. The maximum absolute atomic E-state index is 12.6. The third-order valence-corrected chi connectivity index (χ3v) is 5.04. The van der Waals surface area contributed by atoms with Gasteiger partial charge in [0, 0.05) is 6.04 Å². The Morgan fingerprint density at radius 3 is 2.26 bits per heavy atom. The lowest BCUT2D eigenvalue weighted by atomic mass is 9.73. The van der Waals surface area contributed by atoms with E-state index in [4.69, 9.17) is 18.0 Å². The van der Waals surface area contributed by atoms with Gasteiger partial charge in [0.25, 0.3) is 0 Å². The first-order valence-corrected chi connectivity index (χ1v) is 7.74. The quantitative estimate of drug-likeness (QED) is 0.689. The molecule has 2 aliphatic rings. The third-order valence-electron chi connectivity index (χ3n) is 4.65. The Labute approximate surface area is 120 Å². The first-order valence-electron chi connectivity index (χ1n) is 7.33. The highest BCUT2D eigenvalue weighted by Crippen LogP contribution is 2.37. The average molecular weight is 284 g/mol. The molecule has 4 N–H and O–H groups in total. The molecule has 5 heteroatoms. The summed E-state index contributed by atoms with van der Waals surface area (Å²) in [4.78, 5) is 12.9. The van der Waals surface area contributed by atoms with E-state index in [1.165, 1.54) is 0 Å². The van der Waals surface area contributed by atoms with E-state index in [0.29, 0.717) is 4.99 Å². The number of carbonyl (C=O) groups excluding carboxylic acids is 1. The van der Waals surface area contributed by atoms with Gasteiger partial charge in [-0.2, -0.15) is 0 Å². The van der Waals surface area contributed by atoms with Crippen LogP contribution < -0.4 is 11.1 Å². The molecule has 19 heavy (non-hydrogen) atoms. The second-order valence-electron chi connectivity index (χ2n) is 5.99. The molecule has 0 bridgehead atoms. The van der Waals surface area contributed by atoms with Crippen molar-refractivity contribution in [2.45, 2.75) is 69.9 Å². The fourth-order valence-electron chi connectivity index (χ4n) is 3.28. The van der Waals surface area contributed by atoms with Crippen molar-refractivity contribution < 1.29 is 9.90 Å². The summed E-state index contributed by atoms with van der Waals surface area (Å²) in [6, 6.07) is 0.170. The summed E-state index contributed by atoms with van der Waals surface area (Å²) in [5, 5.41) is 12.6. The second kappa shape index (κ2) is 6.18. The molecule has 0 aromatic heterocycles. The first-order chi connectivity index (χ1) is 9.04. The molecule has 0 aliphatic heterocycles. The van der Waals surface area contributed by atoms with Crippen molar-refractivity contribution in [3.8, 4) is 0 Å². The summed E-state index contributed by atoms with van der Waals surface area (Å²) in [6.07, 6.45) is 7.80. The summed E-state index contributed by atoms with van der Waals surface area (Å²) in [7, 11) is 0. The normalized spacial score (nSPS) is 30.6. The number of hydrogen-bond donors (Lipinski definition) is 3. The minimum atomic E-state index is -0.621. The number of carbonyl (C=O) groups is 1. The zero-order chi connectivity index (χ0) is 13.9. The first kappa shape index (κ1) is 14.7. The lowest BCUT2D eigenvalue weighted by molar-refractivity contribution is -0.130. The van der Waals surface area contributed by atoms with Crippen molar-refractivity contribution >= 4 is 23.1 Å². The fraction of sp³-hybridized carbons (Fsp3) is 0.857. The second-order valence-corrected chi connectivity index (χ2v) is 6.43. The van der Waals surface area contributed by atoms with Crippen LogP contribution in [0.3, 0.4) is 0 Å². The van der Waals surface area contributed by atoms with Crippen LogP contribution in [0.5, 0.6) is 0 Å². The van der Waals surface area contributed by atoms with Gasteiger partial charge in [0.15, 0.2) is 0 Å². The van der Waals surface area contributed by atoms with Gasteiger partial charge in [-0.15, -0.1) is 0 Å². The van der Waals surface area contributed by atoms with Gasteiger partial charge in [-0.3, -0.25) is 4.79 Å². The SMILES string of the molecule is NC(=S)C1(C(=O)NC2CCC(O)CC2)CCCCC1. The van der Waals surface area contributed by atoms with E-state index < -0.39 is 5.41 Å². The van der Waals surface area contributed by atoms with Crippen molar-refractivity contribution in [2.75, 3.05) is 0 Å². The average Bonchev–Trinajstić information content (AvgIpc) is 2.42. The van der Waals surface area contributed by atoms with E-state index >= 15 is 0 Å². The summed E-state index contributed by atoms with van der Waals surface area (Å²) < 4.78 is 0. The van der Waals surface area contributed by atoms with E-state index in [9.17, 15) is 9.90 Å². The molecular formula is C14H24N2O2S. The molecule has 108 valence electrons. The van der Waals surface area contributed by atoms with Crippen LogP contribution in [0.1, 0.15) is 57.8 Å². The van der Waals surface area contributed by atoms with Gasteiger partial charge < -0.3 is 16.2 Å². The van der Waals surface area contributed by atoms with Crippen molar-refractivity contribution in [3.63, 3.8) is 0 Å². The van der Waals surface area contributed by atoms with Gasteiger partial charge in [0.2, 0.25) is 5.91 Å². The standard InChI is InChI=1S/C14H24N2O2S/c15-12(19)14(8-2-1-3-9-14)13(18)16-10-4-6-11(17)7-5-10/h10-11,17H,1-9H2,(H2,15,19)(H,16,18). The maximum atomic E-state index is 12.6. The molecule has 0 unspecified atom stereocenters. The van der Waals surface area contributed by atoms with Crippen LogP contribution in [0.15, 0.2) is 0 Å². The molecule has 0 heterocycles. The Morgan fingerprint density at radius 1 is 1.16 bits per heavy atom. The summed E-state index contributed by atoms with van der Waals surface area (Å²) in [6.45, 7) is 0. The topological polar surface area (TPSA) is 75.4 Å². The van der Waals surface area contributed by atoms with Crippen LogP contribution >= 0.6 is 12.2 Å². The lowest BCUT2D eigenvalue weighted by Crippen LogP contribution is -2.53. The number of nitrogens with one attached hydrogen (secondary N) is 1. The number of aliphatic hydroxyl groups excluding tert-OH is 1. The molecule has 2 fully saturated rings. The van der Waals surface area contributed by atoms with Crippen molar-refractivity contribution in [2.24, 2.45) is 11.1 Å².